The molecule has 1 aliphatic rings. The van der Waals surface area contributed by atoms with Crippen LogP contribution in [0.3, 0.4) is 0 Å². The van der Waals surface area contributed by atoms with Crippen molar-refractivity contribution in [1.29, 1.82) is 0 Å². The number of para-hydroxylation sites is 2. The monoisotopic (exact) mass is 402 g/mol. The summed E-state index contributed by atoms with van der Waals surface area (Å²) in [4.78, 5) is 22.7. The Morgan fingerprint density at radius 3 is 2.59 bits per heavy atom. The van der Waals surface area contributed by atoms with Crippen molar-refractivity contribution in [2.24, 2.45) is 5.92 Å². The van der Waals surface area contributed by atoms with Crippen molar-refractivity contribution in [3.05, 3.63) is 71.1 Å². The minimum Gasteiger partial charge on any atom is -0.273 e. The fourth-order valence-corrected chi connectivity index (χ4v) is 4.93. The molecule has 1 fully saturated rings. The standard InChI is InChI=1S/C23H22N4OS/c28-23(21(17-10-4-5-11-17)16-8-2-1-3-9-16)26-27-20-13-7-6-12-18(20)25-22(27)19-14-29-15-24-19/h1-3,6-9,12-15,17,21H,4-5,10-11H2,(H,26,28). The zero-order chi connectivity index (χ0) is 19.6. The molecule has 5 rings (SSSR count). The summed E-state index contributed by atoms with van der Waals surface area (Å²) in [7, 11) is 0. The van der Waals surface area contributed by atoms with E-state index in [-0.39, 0.29) is 11.8 Å². The van der Waals surface area contributed by atoms with Crippen molar-refractivity contribution in [2.45, 2.75) is 31.6 Å². The number of imidazole rings is 1. The van der Waals surface area contributed by atoms with Crippen LogP contribution < -0.4 is 5.43 Å². The fraction of sp³-hybridized carbons (Fsp3) is 0.261. The van der Waals surface area contributed by atoms with Crippen molar-refractivity contribution >= 4 is 28.3 Å². The Kier molecular flexibility index (Phi) is 4.86. The first kappa shape index (κ1) is 18.1. The van der Waals surface area contributed by atoms with Gasteiger partial charge in [0.1, 0.15) is 5.69 Å². The Morgan fingerprint density at radius 1 is 1.07 bits per heavy atom. The molecule has 1 saturated carbocycles. The van der Waals surface area contributed by atoms with Crippen LogP contribution in [0.4, 0.5) is 0 Å². The van der Waals surface area contributed by atoms with Gasteiger partial charge >= 0.3 is 0 Å². The van der Waals surface area contributed by atoms with E-state index in [1.54, 1.807) is 10.2 Å². The molecule has 0 spiro atoms. The molecule has 2 aromatic heterocycles. The van der Waals surface area contributed by atoms with E-state index in [4.69, 9.17) is 4.98 Å². The third-order valence-electron chi connectivity index (χ3n) is 5.76. The van der Waals surface area contributed by atoms with Gasteiger partial charge in [-0.2, -0.15) is 0 Å². The summed E-state index contributed by atoms with van der Waals surface area (Å²) < 4.78 is 1.80. The lowest BCUT2D eigenvalue weighted by atomic mass is 9.84. The number of hydrogen-bond donors (Lipinski definition) is 1. The van der Waals surface area contributed by atoms with Crippen LogP contribution in [0.2, 0.25) is 0 Å². The lowest BCUT2D eigenvalue weighted by molar-refractivity contribution is -0.119. The largest absolute Gasteiger partial charge is 0.273 e. The summed E-state index contributed by atoms with van der Waals surface area (Å²) in [5.74, 6) is 0.889. The highest BCUT2D eigenvalue weighted by atomic mass is 32.1. The number of amides is 1. The third-order valence-corrected chi connectivity index (χ3v) is 6.34. The van der Waals surface area contributed by atoms with Gasteiger partial charge in [-0.15, -0.1) is 11.3 Å². The van der Waals surface area contributed by atoms with Crippen LogP contribution >= 0.6 is 11.3 Å². The number of hydrogen-bond acceptors (Lipinski definition) is 4. The molecule has 6 heteroatoms. The van der Waals surface area contributed by atoms with E-state index in [1.165, 1.54) is 24.2 Å². The molecular weight excluding hydrogens is 380 g/mol. The summed E-state index contributed by atoms with van der Waals surface area (Å²) >= 11 is 1.52. The lowest BCUT2D eigenvalue weighted by Crippen LogP contribution is -2.32. The van der Waals surface area contributed by atoms with Gasteiger partial charge in [-0.1, -0.05) is 55.3 Å². The molecule has 1 aliphatic carbocycles. The predicted molar refractivity (Wildman–Crippen MR) is 116 cm³/mol. The normalized spacial score (nSPS) is 15.6. The van der Waals surface area contributed by atoms with Crippen LogP contribution in [0, 0.1) is 5.92 Å². The molecule has 0 bridgehead atoms. The molecule has 0 aliphatic heterocycles. The van der Waals surface area contributed by atoms with Gasteiger partial charge in [-0.25, -0.2) is 14.6 Å². The van der Waals surface area contributed by atoms with Crippen molar-refractivity contribution in [3.8, 4) is 11.5 Å². The highest BCUT2D eigenvalue weighted by Crippen LogP contribution is 2.38. The van der Waals surface area contributed by atoms with Crippen LogP contribution in [0.5, 0.6) is 0 Å². The van der Waals surface area contributed by atoms with Gasteiger partial charge in [-0.05, 0) is 36.5 Å². The van der Waals surface area contributed by atoms with Gasteiger partial charge in [0, 0.05) is 5.38 Å². The average Bonchev–Trinajstić information content (AvgIpc) is 3.51. The number of fused-ring (bicyclic) bond motifs is 1. The number of carbonyl (C=O) groups is 1. The molecule has 1 N–H and O–H groups in total. The fourth-order valence-electron chi connectivity index (χ4n) is 4.40. The summed E-state index contributed by atoms with van der Waals surface area (Å²) in [5.41, 5.74) is 8.53. The summed E-state index contributed by atoms with van der Waals surface area (Å²) in [6, 6.07) is 18.0. The molecule has 0 saturated heterocycles. The third kappa shape index (κ3) is 3.44. The van der Waals surface area contributed by atoms with E-state index < -0.39 is 0 Å². The van der Waals surface area contributed by atoms with E-state index in [9.17, 15) is 4.79 Å². The van der Waals surface area contributed by atoms with Crippen molar-refractivity contribution in [3.63, 3.8) is 0 Å². The Labute approximate surface area is 173 Å². The van der Waals surface area contributed by atoms with Crippen molar-refractivity contribution < 1.29 is 4.79 Å². The first-order chi connectivity index (χ1) is 14.3. The first-order valence-electron chi connectivity index (χ1n) is 10.0. The summed E-state index contributed by atoms with van der Waals surface area (Å²) in [6.45, 7) is 0. The topological polar surface area (TPSA) is 59.8 Å². The molecule has 1 atom stereocenters. The van der Waals surface area contributed by atoms with Gasteiger partial charge in [0.25, 0.3) is 0 Å². The minimum absolute atomic E-state index is 0.0164. The molecule has 29 heavy (non-hydrogen) atoms. The highest BCUT2D eigenvalue weighted by molar-refractivity contribution is 7.07. The summed E-state index contributed by atoms with van der Waals surface area (Å²) in [6.07, 6.45) is 4.58. The molecule has 1 unspecified atom stereocenters. The van der Waals surface area contributed by atoms with Crippen LogP contribution in [-0.4, -0.2) is 20.6 Å². The molecular formula is C23H22N4OS. The number of thiazole rings is 1. The van der Waals surface area contributed by atoms with E-state index >= 15 is 0 Å². The van der Waals surface area contributed by atoms with Gasteiger partial charge in [-0.3, -0.25) is 10.2 Å². The lowest BCUT2D eigenvalue weighted by Gasteiger charge is -2.24. The second-order valence-corrected chi connectivity index (χ2v) is 8.26. The van der Waals surface area contributed by atoms with E-state index in [0.29, 0.717) is 11.7 Å². The molecule has 4 aromatic rings. The zero-order valence-electron chi connectivity index (χ0n) is 16.0. The summed E-state index contributed by atoms with van der Waals surface area (Å²) in [5, 5.41) is 1.95. The molecule has 146 valence electrons. The van der Waals surface area contributed by atoms with Crippen LogP contribution in [-0.2, 0) is 4.79 Å². The van der Waals surface area contributed by atoms with Gasteiger partial charge < -0.3 is 0 Å². The second-order valence-electron chi connectivity index (χ2n) is 7.54. The van der Waals surface area contributed by atoms with E-state index in [0.717, 1.165) is 35.1 Å². The maximum Gasteiger partial charge on any atom is 0.246 e. The van der Waals surface area contributed by atoms with Crippen LogP contribution in [0.25, 0.3) is 22.6 Å². The second kappa shape index (κ2) is 7.79. The quantitative estimate of drug-likeness (QED) is 0.499. The number of carbonyl (C=O) groups excluding carboxylic acids is 1. The number of nitrogens with zero attached hydrogens (tertiary/aromatic N) is 3. The van der Waals surface area contributed by atoms with Gasteiger partial charge in [0.2, 0.25) is 5.91 Å². The Hall–Kier alpha value is -2.99. The zero-order valence-corrected chi connectivity index (χ0v) is 16.8. The van der Waals surface area contributed by atoms with Crippen molar-refractivity contribution in [2.75, 3.05) is 5.43 Å². The van der Waals surface area contributed by atoms with E-state index in [2.05, 4.69) is 22.5 Å². The Balaban J connectivity index is 1.55. The number of nitrogens with one attached hydrogen (secondary N) is 1. The smallest absolute Gasteiger partial charge is 0.246 e. The molecule has 2 aromatic carbocycles. The first-order valence-corrected chi connectivity index (χ1v) is 11.0. The Morgan fingerprint density at radius 2 is 1.83 bits per heavy atom. The maximum absolute atomic E-state index is 13.6. The van der Waals surface area contributed by atoms with Crippen molar-refractivity contribution in [1.82, 2.24) is 14.6 Å². The van der Waals surface area contributed by atoms with Crippen LogP contribution in [0.1, 0.15) is 37.2 Å². The predicted octanol–water partition coefficient (Wildman–Crippen LogP) is 5.20. The molecule has 0 radical (unpaired) electrons. The Bertz CT molecular complexity index is 1110. The molecule has 5 nitrogen and oxygen atoms in total. The number of benzene rings is 2. The molecule has 2 heterocycles. The SMILES string of the molecule is O=C(Nn1c(-c2cscn2)nc2ccccc21)C(c1ccccc1)C1CCCC1. The average molecular weight is 403 g/mol. The number of aromatic nitrogens is 3. The van der Waals surface area contributed by atoms with Gasteiger partial charge in [0.15, 0.2) is 5.82 Å². The minimum atomic E-state index is -0.164. The van der Waals surface area contributed by atoms with E-state index in [1.807, 2.05) is 47.8 Å². The van der Waals surface area contributed by atoms with Crippen LogP contribution in [0.15, 0.2) is 65.5 Å². The molecule has 1 amide bonds. The van der Waals surface area contributed by atoms with Gasteiger partial charge in [0.05, 0.1) is 22.5 Å². The highest BCUT2D eigenvalue weighted by Gasteiger charge is 2.32. The number of rotatable bonds is 5. The maximum atomic E-state index is 13.6.